The van der Waals surface area contributed by atoms with E-state index in [4.69, 9.17) is 4.74 Å². The number of aromatic nitrogens is 2. The Kier molecular flexibility index (Phi) is 5.76. The molecule has 1 aliphatic heterocycles. The summed E-state index contributed by atoms with van der Waals surface area (Å²) in [6, 6.07) is 15.2. The van der Waals surface area contributed by atoms with Crippen LogP contribution in [0.25, 0.3) is 0 Å². The van der Waals surface area contributed by atoms with Gasteiger partial charge in [0.1, 0.15) is 0 Å². The van der Waals surface area contributed by atoms with Crippen molar-refractivity contribution < 1.29 is 9.84 Å². The molecule has 0 radical (unpaired) electrons. The third-order valence-corrected chi connectivity index (χ3v) is 4.98. The molecule has 154 valence electrons. The zero-order valence-electron chi connectivity index (χ0n) is 16.6. The average molecular weight is 405 g/mol. The number of phenolic OH excluding ortho intramolecular Hbond substituents is 1. The predicted molar refractivity (Wildman–Crippen MR) is 115 cm³/mol. The molecule has 3 aromatic rings. The molecule has 1 aliphatic rings. The highest BCUT2D eigenvalue weighted by molar-refractivity contribution is 5.81. The number of hydrazone groups is 1. The zero-order valence-corrected chi connectivity index (χ0v) is 16.6. The summed E-state index contributed by atoms with van der Waals surface area (Å²) in [7, 11) is 1.49. The fourth-order valence-corrected chi connectivity index (χ4v) is 3.47. The largest absolute Gasteiger partial charge is 0.504 e. The number of fused-ring (bicyclic) bond motifs is 1. The van der Waals surface area contributed by atoms with E-state index < -0.39 is 0 Å². The highest BCUT2D eigenvalue weighted by Crippen LogP contribution is 2.25. The van der Waals surface area contributed by atoms with Crippen molar-refractivity contribution in [3.8, 4) is 11.5 Å². The Morgan fingerprint density at radius 2 is 2.13 bits per heavy atom. The highest BCUT2D eigenvalue weighted by atomic mass is 16.5. The SMILES string of the molecule is COc1ccc(/C=N\Nc2nc3c(c(=O)[nH]2)CN(Cc2ccccc2)CC3)cc1O. The minimum atomic E-state index is -0.155. The molecule has 8 nitrogen and oxygen atoms in total. The van der Waals surface area contributed by atoms with Crippen LogP contribution in [-0.2, 0) is 19.5 Å². The van der Waals surface area contributed by atoms with Crippen molar-refractivity contribution in [2.75, 3.05) is 19.1 Å². The summed E-state index contributed by atoms with van der Waals surface area (Å²) in [6.07, 6.45) is 2.23. The fraction of sp³-hybridized carbons (Fsp3) is 0.227. The molecule has 0 unspecified atom stereocenters. The maximum atomic E-state index is 12.6. The predicted octanol–water partition coefficient (Wildman–Crippen LogP) is 2.49. The fourth-order valence-electron chi connectivity index (χ4n) is 3.47. The van der Waals surface area contributed by atoms with E-state index in [1.807, 2.05) is 18.2 Å². The summed E-state index contributed by atoms with van der Waals surface area (Å²) in [5.74, 6) is 0.716. The lowest BCUT2D eigenvalue weighted by Gasteiger charge is -2.27. The second kappa shape index (κ2) is 8.79. The Balaban J connectivity index is 1.43. The number of anilines is 1. The molecule has 0 spiro atoms. The molecule has 0 bridgehead atoms. The summed E-state index contributed by atoms with van der Waals surface area (Å²) in [6.45, 7) is 2.21. The molecule has 0 saturated carbocycles. The topological polar surface area (TPSA) is 103 Å². The second-order valence-corrected chi connectivity index (χ2v) is 7.09. The number of nitrogens with zero attached hydrogens (tertiary/aromatic N) is 3. The number of phenols is 1. The van der Waals surface area contributed by atoms with Crippen LogP contribution >= 0.6 is 0 Å². The van der Waals surface area contributed by atoms with Crippen molar-refractivity contribution in [3.05, 3.63) is 81.3 Å². The number of nitrogens with one attached hydrogen (secondary N) is 2. The van der Waals surface area contributed by atoms with Gasteiger partial charge in [-0.05, 0) is 29.3 Å². The summed E-state index contributed by atoms with van der Waals surface area (Å²) >= 11 is 0. The smallest absolute Gasteiger partial charge is 0.257 e. The summed E-state index contributed by atoms with van der Waals surface area (Å²) < 4.78 is 5.02. The van der Waals surface area contributed by atoms with E-state index >= 15 is 0 Å². The first-order valence-electron chi connectivity index (χ1n) is 9.67. The molecule has 0 atom stereocenters. The molecule has 8 heteroatoms. The molecular weight excluding hydrogens is 382 g/mol. The van der Waals surface area contributed by atoms with Crippen molar-refractivity contribution in [1.29, 1.82) is 0 Å². The van der Waals surface area contributed by atoms with E-state index in [0.29, 0.717) is 35.8 Å². The van der Waals surface area contributed by atoms with Gasteiger partial charge in [-0.2, -0.15) is 5.10 Å². The Morgan fingerprint density at radius 1 is 1.30 bits per heavy atom. The molecule has 2 aromatic carbocycles. The van der Waals surface area contributed by atoms with E-state index in [0.717, 1.165) is 18.8 Å². The summed E-state index contributed by atoms with van der Waals surface area (Å²) in [4.78, 5) is 22.1. The minimum Gasteiger partial charge on any atom is -0.504 e. The van der Waals surface area contributed by atoms with Gasteiger partial charge in [0.05, 0.1) is 24.6 Å². The molecule has 30 heavy (non-hydrogen) atoms. The van der Waals surface area contributed by atoms with Crippen molar-refractivity contribution >= 4 is 12.2 Å². The van der Waals surface area contributed by atoms with Crippen LogP contribution in [0.5, 0.6) is 11.5 Å². The van der Waals surface area contributed by atoms with Gasteiger partial charge in [-0.1, -0.05) is 30.3 Å². The lowest BCUT2D eigenvalue weighted by atomic mass is 10.1. The maximum Gasteiger partial charge on any atom is 0.257 e. The monoisotopic (exact) mass is 405 g/mol. The first-order chi connectivity index (χ1) is 14.6. The first-order valence-corrected chi connectivity index (χ1v) is 9.67. The van der Waals surface area contributed by atoms with Crippen LogP contribution in [0.1, 0.15) is 22.4 Å². The number of H-pyrrole nitrogens is 1. The van der Waals surface area contributed by atoms with Crippen LogP contribution in [0.4, 0.5) is 5.95 Å². The van der Waals surface area contributed by atoms with Gasteiger partial charge in [0, 0.05) is 26.1 Å². The molecule has 0 aliphatic carbocycles. The zero-order chi connectivity index (χ0) is 20.9. The summed E-state index contributed by atoms with van der Waals surface area (Å²) in [5.41, 5.74) is 6.00. The van der Waals surface area contributed by atoms with Gasteiger partial charge in [0.25, 0.3) is 5.56 Å². The summed E-state index contributed by atoms with van der Waals surface area (Å²) in [5, 5.41) is 13.9. The number of hydrogen-bond acceptors (Lipinski definition) is 7. The third-order valence-electron chi connectivity index (χ3n) is 4.98. The van der Waals surface area contributed by atoms with Crippen molar-refractivity contribution in [2.45, 2.75) is 19.5 Å². The Morgan fingerprint density at radius 3 is 2.90 bits per heavy atom. The molecule has 0 fully saturated rings. The van der Waals surface area contributed by atoms with E-state index in [2.05, 4.69) is 37.5 Å². The van der Waals surface area contributed by atoms with Gasteiger partial charge in [-0.15, -0.1) is 0 Å². The van der Waals surface area contributed by atoms with Gasteiger partial charge in [-0.3, -0.25) is 14.7 Å². The average Bonchev–Trinajstić information content (AvgIpc) is 2.75. The third kappa shape index (κ3) is 4.49. The van der Waals surface area contributed by atoms with Crippen LogP contribution in [0.3, 0.4) is 0 Å². The lowest BCUT2D eigenvalue weighted by molar-refractivity contribution is 0.242. The molecular formula is C22H23N5O3. The molecule has 0 saturated heterocycles. The standard InChI is InChI=1S/C22H23N5O3/c1-30-20-8-7-16(11-19(20)28)12-23-26-22-24-18-9-10-27(14-17(18)21(29)25-22)13-15-5-3-2-4-6-15/h2-8,11-12,28H,9-10,13-14H2,1H3,(H2,24,25,26,29)/b23-12-. The Labute approximate surface area is 173 Å². The van der Waals surface area contributed by atoms with E-state index in [9.17, 15) is 9.90 Å². The van der Waals surface area contributed by atoms with Crippen LogP contribution in [0.2, 0.25) is 0 Å². The van der Waals surface area contributed by atoms with E-state index in [1.165, 1.54) is 25.0 Å². The van der Waals surface area contributed by atoms with E-state index in [1.54, 1.807) is 12.1 Å². The molecule has 2 heterocycles. The van der Waals surface area contributed by atoms with Crippen LogP contribution in [0, 0.1) is 0 Å². The number of benzene rings is 2. The van der Waals surface area contributed by atoms with Crippen LogP contribution in [0.15, 0.2) is 58.4 Å². The minimum absolute atomic E-state index is 0.0295. The van der Waals surface area contributed by atoms with Gasteiger partial charge in [0.2, 0.25) is 5.95 Å². The highest BCUT2D eigenvalue weighted by Gasteiger charge is 2.21. The number of methoxy groups -OCH3 is 1. The first kappa shape index (κ1) is 19.7. The second-order valence-electron chi connectivity index (χ2n) is 7.09. The van der Waals surface area contributed by atoms with Gasteiger partial charge in [0.15, 0.2) is 11.5 Å². The quantitative estimate of drug-likeness (QED) is 0.430. The molecule has 4 rings (SSSR count). The van der Waals surface area contributed by atoms with Crippen LogP contribution < -0.4 is 15.7 Å². The van der Waals surface area contributed by atoms with E-state index in [-0.39, 0.29) is 11.3 Å². The normalized spacial score (nSPS) is 13.9. The number of ether oxygens (including phenoxy) is 1. The van der Waals surface area contributed by atoms with Crippen molar-refractivity contribution in [3.63, 3.8) is 0 Å². The number of hydrogen-bond donors (Lipinski definition) is 3. The number of rotatable bonds is 6. The van der Waals surface area contributed by atoms with Gasteiger partial charge in [-0.25, -0.2) is 10.4 Å². The number of aromatic hydroxyl groups is 1. The number of aromatic amines is 1. The maximum absolute atomic E-state index is 12.6. The molecule has 0 amide bonds. The van der Waals surface area contributed by atoms with Crippen molar-refractivity contribution in [2.24, 2.45) is 5.10 Å². The van der Waals surface area contributed by atoms with Gasteiger partial charge >= 0.3 is 0 Å². The molecule has 3 N–H and O–H groups in total. The Hall–Kier alpha value is -3.65. The molecule has 1 aromatic heterocycles. The van der Waals surface area contributed by atoms with Crippen LogP contribution in [-0.4, -0.2) is 39.8 Å². The van der Waals surface area contributed by atoms with Gasteiger partial charge < -0.3 is 9.84 Å². The van der Waals surface area contributed by atoms with Crippen molar-refractivity contribution in [1.82, 2.24) is 14.9 Å². The Bertz CT molecular complexity index is 1110. The lowest BCUT2D eigenvalue weighted by Crippen LogP contribution is -2.35.